The van der Waals surface area contributed by atoms with Gasteiger partial charge in [0.2, 0.25) is 5.82 Å². The largest absolute Gasteiger partial charge is 0.364 e. The zero-order chi connectivity index (χ0) is 7.56. The Hall–Kier alpha value is -1.56. The average molecular weight is 134 g/mol. The summed E-state index contributed by atoms with van der Waals surface area (Å²) in [5.41, 5.74) is 0.561. The van der Waals surface area contributed by atoms with E-state index in [4.69, 9.17) is 6.57 Å². The van der Waals surface area contributed by atoms with Gasteiger partial charge in [-0.3, -0.25) is 4.79 Å². The first kappa shape index (κ1) is 6.56. The molecule has 0 saturated carbocycles. The van der Waals surface area contributed by atoms with E-state index in [-0.39, 0.29) is 5.78 Å². The van der Waals surface area contributed by atoms with E-state index in [1.54, 1.807) is 0 Å². The molecule has 0 radical (unpaired) electrons. The molecule has 0 aliphatic carbocycles. The maximum Gasteiger partial charge on any atom is 0.228 e. The van der Waals surface area contributed by atoms with Crippen LogP contribution in [0.25, 0.3) is 4.85 Å². The third-order valence-electron chi connectivity index (χ3n) is 1.19. The molecule has 1 aromatic heterocycles. The van der Waals surface area contributed by atoms with Crippen LogP contribution in [0.4, 0.5) is 5.82 Å². The van der Waals surface area contributed by atoms with Gasteiger partial charge in [0.05, 0.1) is 6.20 Å². The summed E-state index contributed by atoms with van der Waals surface area (Å²) in [5.74, 6) is 0.386. The van der Waals surface area contributed by atoms with E-state index in [0.29, 0.717) is 11.4 Å². The standard InChI is InChI=1S/C7H6N2O/c1-5(10)6-3-7(8-2)9-4-6/h3-4,9H,1H3. The first-order chi connectivity index (χ1) is 4.74. The predicted octanol–water partition coefficient (Wildman–Crippen LogP) is 1.77. The van der Waals surface area contributed by atoms with Gasteiger partial charge in [0.15, 0.2) is 5.78 Å². The number of hydrogen-bond acceptors (Lipinski definition) is 1. The molecule has 3 nitrogen and oxygen atoms in total. The zero-order valence-corrected chi connectivity index (χ0v) is 5.51. The topological polar surface area (TPSA) is 37.2 Å². The van der Waals surface area contributed by atoms with Crippen LogP contribution in [0, 0.1) is 6.57 Å². The van der Waals surface area contributed by atoms with Gasteiger partial charge in [0.1, 0.15) is 0 Å². The van der Waals surface area contributed by atoms with Crippen molar-refractivity contribution in [2.24, 2.45) is 0 Å². The van der Waals surface area contributed by atoms with Crippen LogP contribution in [0.3, 0.4) is 0 Å². The number of hydrogen-bond donors (Lipinski definition) is 1. The highest BCUT2D eigenvalue weighted by atomic mass is 16.1. The Morgan fingerprint density at radius 2 is 2.50 bits per heavy atom. The lowest BCUT2D eigenvalue weighted by atomic mass is 10.2. The SMILES string of the molecule is [C-]#[N+]c1cc(C(C)=O)c[nH]1. The van der Waals surface area contributed by atoms with Crippen LogP contribution in [0.2, 0.25) is 0 Å². The molecule has 0 aromatic carbocycles. The van der Waals surface area contributed by atoms with Crippen LogP contribution in [-0.4, -0.2) is 10.8 Å². The van der Waals surface area contributed by atoms with Gasteiger partial charge in [-0.25, -0.2) is 0 Å². The molecular weight excluding hydrogens is 128 g/mol. The molecule has 0 atom stereocenters. The first-order valence-electron chi connectivity index (χ1n) is 2.81. The molecule has 1 heterocycles. The van der Waals surface area contributed by atoms with E-state index >= 15 is 0 Å². The fraction of sp³-hybridized carbons (Fsp3) is 0.143. The van der Waals surface area contributed by atoms with Crippen molar-refractivity contribution in [1.29, 1.82) is 0 Å². The van der Waals surface area contributed by atoms with Crippen LogP contribution in [0.5, 0.6) is 0 Å². The fourth-order valence-corrected chi connectivity index (χ4v) is 0.650. The Labute approximate surface area is 58.5 Å². The Balaban J connectivity index is 3.02. The quantitative estimate of drug-likeness (QED) is 0.461. The Morgan fingerprint density at radius 1 is 1.80 bits per heavy atom. The van der Waals surface area contributed by atoms with Crippen LogP contribution >= 0.6 is 0 Å². The van der Waals surface area contributed by atoms with Gasteiger partial charge in [-0.1, -0.05) is 6.57 Å². The summed E-state index contributed by atoms with van der Waals surface area (Å²) in [5, 5.41) is 0. The van der Waals surface area contributed by atoms with Crippen molar-refractivity contribution in [2.45, 2.75) is 6.92 Å². The summed E-state index contributed by atoms with van der Waals surface area (Å²) in [6.07, 6.45) is 1.54. The van der Waals surface area contributed by atoms with E-state index in [1.165, 1.54) is 19.2 Å². The highest BCUT2D eigenvalue weighted by Crippen LogP contribution is 2.11. The molecule has 0 unspecified atom stereocenters. The molecule has 0 bridgehead atoms. The number of rotatable bonds is 1. The summed E-state index contributed by atoms with van der Waals surface area (Å²) in [7, 11) is 0. The van der Waals surface area contributed by atoms with Crippen LogP contribution in [-0.2, 0) is 0 Å². The van der Waals surface area contributed by atoms with E-state index in [0.717, 1.165) is 0 Å². The third kappa shape index (κ3) is 1.06. The fourth-order valence-electron chi connectivity index (χ4n) is 0.650. The molecule has 0 spiro atoms. The number of nitrogens with one attached hydrogen (secondary N) is 1. The molecule has 10 heavy (non-hydrogen) atoms. The first-order valence-corrected chi connectivity index (χ1v) is 2.81. The number of ketones is 1. The maximum absolute atomic E-state index is 10.7. The molecule has 3 heteroatoms. The monoisotopic (exact) mass is 134 g/mol. The zero-order valence-electron chi connectivity index (χ0n) is 5.51. The lowest BCUT2D eigenvalue weighted by molar-refractivity contribution is 0.101. The van der Waals surface area contributed by atoms with Crippen molar-refractivity contribution in [3.8, 4) is 0 Å². The van der Waals surface area contributed by atoms with E-state index < -0.39 is 0 Å². The Morgan fingerprint density at radius 3 is 2.80 bits per heavy atom. The Bertz CT molecular complexity index is 293. The van der Waals surface area contributed by atoms with Crippen LogP contribution in [0.15, 0.2) is 12.3 Å². The Kier molecular flexibility index (Phi) is 1.55. The van der Waals surface area contributed by atoms with Gasteiger partial charge in [0, 0.05) is 5.56 Å². The predicted molar refractivity (Wildman–Crippen MR) is 37.1 cm³/mol. The molecule has 0 saturated heterocycles. The number of carbonyl (C=O) groups excluding carboxylic acids is 1. The van der Waals surface area contributed by atoms with Crippen molar-refractivity contribution < 1.29 is 4.79 Å². The molecule has 1 aromatic rings. The van der Waals surface area contributed by atoms with Crippen molar-refractivity contribution in [3.05, 3.63) is 29.2 Å². The number of aromatic amines is 1. The van der Waals surface area contributed by atoms with Gasteiger partial charge in [0.25, 0.3) is 0 Å². The third-order valence-corrected chi connectivity index (χ3v) is 1.19. The lowest BCUT2D eigenvalue weighted by Crippen LogP contribution is -1.85. The number of aromatic nitrogens is 1. The molecule has 0 aliphatic heterocycles. The number of nitrogens with zero attached hydrogens (tertiary/aromatic N) is 1. The maximum atomic E-state index is 10.7. The van der Waals surface area contributed by atoms with Gasteiger partial charge >= 0.3 is 0 Å². The van der Waals surface area contributed by atoms with E-state index in [2.05, 4.69) is 9.83 Å². The van der Waals surface area contributed by atoms with E-state index in [1.807, 2.05) is 0 Å². The molecule has 0 aliphatic rings. The highest BCUT2D eigenvalue weighted by molar-refractivity contribution is 5.94. The van der Waals surface area contributed by atoms with Crippen molar-refractivity contribution in [2.75, 3.05) is 0 Å². The lowest BCUT2D eigenvalue weighted by Gasteiger charge is -1.79. The minimum absolute atomic E-state index is 0.0221. The van der Waals surface area contributed by atoms with Gasteiger partial charge in [-0.2, -0.15) is 0 Å². The highest BCUT2D eigenvalue weighted by Gasteiger charge is 2.01. The number of Topliss-reactive ketones (excluding diaryl/α,β-unsaturated/α-hetero) is 1. The molecule has 1 rings (SSSR count). The summed E-state index contributed by atoms with van der Waals surface area (Å²) in [6, 6.07) is 1.54. The van der Waals surface area contributed by atoms with Gasteiger partial charge in [-0.05, 0) is 13.0 Å². The number of carbonyl (C=O) groups is 1. The minimum Gasteiger partial charge on any atom is -0.364 e. The number of H-pyrrole nitrogens is 1. The summed E-state index contributed by atoms with van der Waals surface area (Å²) in [6.45, 7) is 8.05. The summed E-state index contributed by atoms with van der Waals surface area (Å²) < 4.78 is 0. The van der Waals surface area contributed by atoms with E-state index in [9.17, 15) is 4.79 Å². The molecular formula is C7H6N2O. The van der Waals surface area contributed by atoms with Crippen LogP contribution in [0.1, 0.15) is 17.3 Å². The van der Waals surface area contributed by atoms with Gasteiger partial charge < -0.3 is 9.83 Å². The smallest absolute Gasteiger partial charge is 0.228 e. The average Bonchev–Trinajstić information content (AvgIpc) is 2.34. The van der Waals surface area contributed by atoms with Crippen molar-refractivity contribution in [3.63, 3.8) is 0 Å². The second-order valence-electron chi connectivity index (χ2n) is 1.94. The minimum atomic E-state index is -0.0221. The van der Waals surface area contributed by atoms with Crippen LogP contribution < -0.4 is 0 Å². The molecule has 0 amide bonds. The molecule has 0 fully saturated rings. The molecule has 1 N–H and O–H groups in total. The van der Waals surface area contributed by atoms with Gasteiger partial charge in [-0.15, -0.1) is 0 Å². The summed E-state index contributed by atoms with van der Waals surface area (Å²) in [4.78, 5) is 16.4. The summed E-state index contributed by atoms with van der Waals surface area (Å²) >= 11 is 0. The van der Waals surface area contributed by atoms with Crippen molar-refractivity contribution >= 4 is 11.6 Å². The normalized spacial score (nSPS) is 8.80. The second kappa shape index (κ2) is 2.36. The van der Waals surface area contributed by atoms with Crippen molar-refractivity contribution in [1.82, 2.24) is 4.98 Å². The second-order valence-corrected chi connectivity index (χ2v) is 1.94. The molecule has 50 valence electrons.